The van der Waals surface area contributed by atoms with E-state index in [1.807, 2.05) is 0 Å². The molecule has 0 saturated heterocycles. The molecule has 2 aromatic heterocycles. The van der Waals surface area contributed by atoms with Crippen molar-refractivity contribution in [1.29, 1.82) is 0 Å². The van der Waals surface area contributed by atoms with Crippen LogP contribution in [0, 0.1) is 0 Å². The molecule has 6 heteroatoms. The second kappa shape index (κ2) is 6.50. The van der Waals surface area contributed by atoms with Crippen LogP contribution in [0.15, 0.2) is 23.1 Å². The number of hydrogen-bond acceptors (Lipinski definition) is 3. The number of carbonyl (C=O) groups is 1. The molecule has 0 atom stereocenters. The Balaban J connectivity index is 1.52. The predicted molar refractivity (Wildman–Crippen MR) is 94.5 cm³/mol. The van der Waals surface area contributed by atoms with Crippen molar-refractivity contribution in [2.45, 2.75) is 51.0 Å². The highest BCUT2D eigenvalue weighted by Gasteiger charge is 2.27. The van der Waals surface area contributed by atoms with Crippen LogP contribution in [0.5, 0.6) is 0 Å². The third-order valence-electron chi connectivity index (χ3n) is 5.48. The smallest absolute Gasteiger partial charge is 0.254 e. The van der Waals surface area contributed by atoms with Gasteiger partial charge in [-0.15, -0.1) is 0 Å². The molecule has 4 rings (SSSR count). The van der Waals surface area contributed by atoms with E-state index >= 15 is 0 Å². The summed E-state index contributed by atoms with van der Waals surface area (Å²) in [5.41, 5.74) is 2.46. The number of amides is 1. The third-order valence-corrected chi connectivity index (χ3v) is 5.48. The van der Waals surface area contributed by atoms with Crippen molar-refractivity contribution in [3.8, 4) is 0 Å². The lowest BCUT2D eigenvalue weighted by atomic mass is 9.89. The summed E-state index contributed by atoms with van der Waals surface area (Å²) in [6.45, 7) is 1.19. The largest absolute Gasteiger partial charge is 0.344 e. The van der Waals surface area contributed by atoms with E-state index in [4.69, 9.17) is 4.98 Å². The maximum absolute atomic E-state index is 12.7. The van der Waals surface area contributed by atoms with Gasteiger partial charge < -0.3 is 14.5 Å². The Bertz CT molecular complexity index is 845. The summed E-state index contributed by atoms with van der Waals surface area (Å²) < 4.78 is 1.47. The van der Waals surface area contributed by atoms with Crippen molar-refractivity contribution in [3.63, 3.8) is 0 Å². The normalized spacial score (nSPS) is 18.2. The summed E-state index contributed by atoms with van der Waals surface area (Å²) >= 11 is 0. The second-order valence-corrected chi connectivity index (χ2v) is 7.22. The van der Waals surface area contributed by atoms with Gasteiger partial charge in [0.1, 0.15) is 5.82 Å². The number of nitrogens with one attached hydrogen (secondary N) is 1. The van der Waals surface area contributed by atoms with Crippen molar-refractivity contribution in [3.05, 3.63) is 51.5 Å². The van der Waals surface area contributed by atoms with E-state index in [-0.39, 0.29) is 11.5 Å². The van der Waals surface area contributed by atoms with Gasteiger partial charge in [0, 0.05) is 43.8 Å². The molecule has 0 spiro atoms. The zero-order valence-corrected chi connectivity index (χ0v) is 14.6. The Labute approximate surface area is 146 Å². The molecule has 1 aliphatic heterocycles. The van der Waals surface area contributed by atoms with Gasteiger partial charge in [-0.25, -0.2) is 4.98 Å². The fourth-order valence-corrected chi connectivity index (χ4v) is 3.92. The number of nitrogens with zero attached hydrogens (tertiary/aromatic N) is 3. The zero-order chi connectivity index (χ0) is 17.4. The molecular formula is C19H24N4O2. The molecule has 1 fully saturated rings. The lowest BCUT2D eigenvalue weighted by Gasteiger charge is -2.26. The molecule has 132 valence electrons. The number of carbonyl (C=O) groups excluding carboxylic acids is 1. The topological polar surface area (TPSA) is 71.0 Å². The third kappa shape index (κ3) is 3.13. The van der Waals surface area contributed by atoms with Crippen molar-refractivity contribution < 1.29 is 4.79 Å². The van der Waals surface area contributed by atoms with E-state index in [0.29, 0.717) is 24.6 Å². The van der Waals surface area contributed by atoms with Crippen LogP contribution < -0.4 is 5.56 Å². The first-order valence-corrected chi connectivity index (χ1v) is 9.15. The minimum atomic E-state index is -0.162. The molecule has 6 nitrogen and oxygen atoms in total. The number of rotatable bonds is 2. The number of imidazole rings is 1. The molecule has 0 bridgehead atoms. The van der Waals surface area contributed by atoms with E-state index < -0.39 is 0 Å². The van der Waals surface area contributed by atoms with Gasteiger partial charge in [0.15, 0.2) is 0 Å². The molecule has 2 aromatic rings. The van der Waals surface area contributed by atoms with Gasteiger partial charge in [0.2, 0.25) is 0 Å². The molecule has 1 amide bonds. The van der Waals surface area contributed by atoms with Crippen molar-refractivity contribution in [1.82, 2.24) is 19.4 Å². The average molecular weight is 340 g/mol. The van der Waals surface area contributed by atoms with Gasteiger partial charge >= 0.3 is 0 Å². The van der Waals surface area contributed by atoms with Crippen LogP contribution >= 0.6 is 0 Å². The average Bonchev–Trinajstić information content (AvgIpc) is 3.07. The maximum atomic E-state index is 12.7. The van der Waals surface area contributed by atoms with E-state index in [1.54, 1.807) is 24.2 Å². The standard InChI is InChI=1S/C19H24N4O2/c1-22-9-7-14(11-17(22)24)19(25)23-10-8-15-16(12-23)21-18(20-15)13-5-3-2-4-6-13/h7,9,11,13H,2-6,8,10,12H2,1H3,(H,20,21). The summed E-state index contributed by atoms with van der Waals surface area (Å²) in [6, 6.07) is 3.12. The molecule has 1 saturated carbocycles. The fraction of sp³-hybridized carbons (Fsp3) is 0.526. The molecule has 0 unspecified atom stereocenters. The molecule has 3 heterocycles. The van der Waals surface area contributed by atoms with Crippen molar-refractivity contribution >= 4 is 5.91 Å². The predicted octanol–water partition coefficient (Wildman–Crippen LogP) is 2.35. The number of hydrogen-bond donors (Lipinski definition) is 1. The Kier molecular flexibility index (Phi) is 4.19. The van der Waals surface area contributed by atoms with Crippen LogP contribution in [0.4, 0.5) is 0 Å². The lowest BCUT2D eigenvalue weighted by molar-refractivity contribution is 0.0731. The number of pyridine rings is 1. The maximum Gasteiger partial charge on any atom is 0.254 e. The number of aromatic amines is 1. The Morgan fingerprint density at radius 1 is 1.28 bits per heavy atom. The van der Waals surface area contributed by atoms with Crippen LogP contribution in [-0.4, -0.2) is 31.9 Å². The lowest BCUT2D eigenvalue weighted by Crippen LogP contribution is -2.36. The quantitative estimate of drug-likeness (QED) is 0.912. The van der Waals surface area contributed by atoms with Gasteiger partial charge in [-0.05, 0) is 18.9 Å². The first kappa shape index (κ1) is 16.1. The van der Waals surface area contributed by atoms with Gasteiger partial charge in [-0.2, -0.15) is 0 Å². The summed E-state index contributed by atoms with van der Waals surface area (Å²) in [5.74, 6) is 1.56. The van der Waals surface area contributed by atoms with E-state index in [1.165, 1.54) is 42.7 Å². The highest BCUT2D eigenvalue weighted by Crippen LogP contribution is 2.32. The summed E-state index contributed by atoms with van der Waals surface area (Å²) in [4.78, 5) is 34.6. The minimum Gasteiger partial charge on any atom is -0.344 e. The molecule has 1 N–H and O–H groups in total. The van der Waals surface area contributed by atoms with Crippen LogP contribution in [0.3, 0.4) is 0 Å². The second-order valence-electron chi connectivity index (χ2n) is 7.22. The molecule has 0 radical (unpaired) electrons. The monoisotopic (exact) mass is 340 g/mol. The first-order valence-electron chi connectivity index (χ1n) is 9.15. The highest BCUT2D eigenvalue weighted by atomic mass is 16.2. The molecule has 1 aliphatic carbocycles. The number of aryl methyl sites for hydroxylation is 1. The fourth-order valence-electron chi connectivity index (χ4n) is 3.92. The first-order chi connectivity index (χ1) is 12.1. The van der Waals surface area contributed by atoms with Crippen LogP contribution in [0.2, 0.25) is 0 Å². The molecule has 0 aromatic carbocycles. The van der Waals surface area contributed by atoms with Gasteiger partial charge in [0.05, 0.1) is 17.9 Å². The number of fused-ring (bicyclic) bond motifs is 1. The minimum absolute atomic E-state index is 0.0860. The van der Waals surface area contributed by atoms with Crippen molar-refractivity contribution in [2.75, 3.05) is 6.54 Å². The summed E-state index contributed by atoms with van der Waals surface area (Å²) in [6.07, 6.45) is 8.73. The van der Waals surface area contributed by atoms with Gasteiger partial charge in [-0.3, -0.25) is 9.59 Å². The Morgan fingerprint density at radius 2 is 2.08 bits per heavy atom. The van der Waals surface area contributed by atoms with Crippen LogP contribution in [0.1, 0.15) is 65.6 Å². The van der Waals surface area contributed by atoms with E-state index in [2.05, 4.69) is 4.98 Å². The zero-order valence-electron chi connectivity index (χ0n) is 14.6. The number of H-pyrrole nitrogens is 1. The summed E-state index contributed by atoms with van der Waals surface area (Å²) in [7, 11) is 1.68. The Morgan fingerprint density at radius 3 is 2.84 bits per heavy atom. The molecule has 2 aliphatic rings. The molecule has 25 heavy (non-hydrogen) atoms. The van der Waals surface area contributed by atoms with E-state index in [9.17, 15) is 9.59 Å². The SMILES string of the molecule is Cn1ccc(C(=O)N2CCc3nc(C4CCCCC4)[nH]c3C2)cc1=O. The van der Waals surface area contributed by atoms with Crippen molar-refractivity contribution in [2.24, 2.45) is 7.05 Å². The highest BCUT2D eigenvalue weighted by molar-refractivity contribution is 5.94. The Hall–Kier alpha value is -2.37. The van der Waals surface area contributed by atoms with Gasteiger partial charge in [-0.1, -0.05) is 19.3 Å². The van der Waals surface area contributed by atoms with E-state index in [0.717, 1.165) is 23.6 Å². The number of aromatic nitrogens is 3. The van der Waals surface area contributed by atoms with Crippen LogP contribution in [-0.2, 0) is 20.0 Å². The summed E-state index contributed by atoms with van der Waals surface area (Å²) in [5, 5.41) is 0. The van der Waals surface area contributed by atoms with Crippen LogP contribution in [0.25, 0.3) is 0 Å². The van der Waals surface area contributed by atoms with Gasteiger partial charge in [0.25, 0.3) is 11.5 Å². The molecular weight excluding hydrogens is 316 g/mol.